The number of benzene rings is 2. The minimum absolute atomic E-state index is 0.0183. The van der Waals surface area contributed by atoms with Gasteiger partial charge in [-0.15, -0.1) is 0 Å². The normalized spacial score (nSPS) is 15.6. The Hall–Kier alpha value is -2.72. The molecule has 7 nitrogen and oxygen atoms in total. The highest BCUT2D eigenvalue weighted by molar-refractivity contribution is 9.10. The zero-order chi connectivity index (χ0) is 19.7. The number of carbonyl (C=O) groups excluding carboxylic acids is 2. The number of rotatable bonds is 4. The molecular weight excluding hydrogens is 443 g/mol. The predicted molar refractivity (Wildman–Crippen MR) is 100 cm³/mol. The molecule has 1 heterocycles. The monoisotopic (exact) mass is 452 g/mol. The highest BCUT2D eigenvalue weighted by Gasteiger charge is 2.35. The molecule has 1 N–H and O–H groups in total. The van der Waals surface area contributed by atoms with Crippen molar-refractivity contribution in [1.29, 1.82) is 0 Å². The zero-order valence-corrected chi connectivity index (χ0v) is 15.8. The van der Waals surface area contributed by atoms with E-state index in [9.17, 15) is 29.2 Å². The molecule has 1 aliphatic heterocycles. The van der Waals surface area contributed by atoms with E-state index in [4.69, 9.17) is 0 Å². The Bertz CT molecular complexity index is 994. The summed E-state index contributed by atoms with van der Waals surface area (Å²) in [5.41, 5.74) is 0.320. The number of carbonyl (C=O) groups is 2. The molecule has 0 bridgehead atoms. The number of phenols is 1. The molecule has 1 aliphatic rings. The van der Waals surface area contributed by atoms with Crippen molar-refractivity contribution in [1.82, 2.24) is 4.90 Å². The molecular formula is C17H10BrFN2O5S. The van der Waals surface area contributed by atoms with E-state index in [1.54, 1.807) is 0 Å². The molecule has 0 spiro atoms. The fourth-order valence-electron chi connectivity index (χ4n) is 2.37. The van der Waals surface area contributed by atoms with Crippen molar-refractivity contribution >= 4 is 50.6 Å². The molecule has 0 saturated carbocycles. The Kier molecular flexibility index (Phi) is 5.29. The first-order valence-electron chi connectivity index (χ1n) is 7.43. The number of hydrogen-bond donors (Lipinski definition) is 1. The lowest BCUT2D eigenvalue weighted by Gasteiger charge is -2.12. The van der Waals surface area contributed by atoms with E-state index in [0.29, 0.717) is 17.3 Å². The molecule has 1 saturated heterocycles. The smallest absolute Gasteiger partial charge is 0.293 e. The van der Waals surface area contributed by atoms with Gasteiger partial charge in [0, 0.05) is 17.7 Å². The molecule has 0 radical (unpaired) electrons. The molecule has 2 aromatic carbocycles. The third-order valence-corrected chi connectivity index (χ3v) is 5.21. The predicted octanol–water partition coefficient (Wildman–Crippen LogP) is 4.44. The lowest BCUT2D eigenvalue weighted by molar-refractivity contribution is -0.385. The number of imide groups is 1. The Balaban J connectivity index is 1.90. The van der Waals surface area contributed by atoms with Gasteiger partial charge in [0.25, 0.3) is 16.8 Å². The maximum Gasteiger partial charge on any atom is 0.293 e. The lowest BCUT2D eigenvalue weighted by Crippen LogP contribution is -2.27. The maximum atomic E-state index is 13.0. The number of halogens is 2. The number of phenolic OH excluding ortho intramolecular Hbond substituents is 1. The van der Waals surface area contributed by atoms with Gasteiger partial charge >= 0.3 is 0 Å². The van der Waals surface area contributed by atoms with Crippen LogP contribution in [0.2, 0.25) is 0 Å². The third-order valence-electron chi connectivity index (χ3n) is 3.70. The number of nitro benzene ring substituents is 1. The van der Waals surface area contributed by atoms with Crippen LogP contribution in [-0.2, 0) is 11.3 Å². The summed E-state index contributed by atoms with van der Waals surface area (Å²) in [5.74, 6) is -1.32. The van der Waals surface area contributed by atoms with E-state index in [1.807, 2.05) is 0 Å². The first-order chi connectivity index (χ1) is 12.8. The Morgan fingerprint density at radius 3 is 2.56 bits per heavy atom. The summed E-state index contributed by atoms with van der Waals surface area (Å²) in [7, 11) is 0. The molecule has 0 aliphatic carbocycles. The number of amides is 2. The fraction of sp³-hybridized carbons (Fsp3) is 0.0588. The van der Waals surface area contributed by atoms with E-state index >= 15 is 0 Å². The first kappa shape index (κ1) is 19.1. The number of thioether (sulfide) groups is 1. The number of aromatic hydroxyl groups is 1. The number of nitro groups is 1. The second-order valence-corrected chi connectivity index (χ2v) is 7.36. The van der Waals surface area contributed by atoms with Gasteiger partial charge in [0.05, 0.1) is 20.8 Å². The van der Waals surface area contributed by atoms with Gasteiger partial charge < -0.3 is 5.11 Å². The summed E-state index contributed by atoms with van der Waals surface area (Å²) < 4.78 is 13.1. The summed E-state index contributed by atoms with van der Waals surface area (Å²) in [6.07, 6.45) is 1.22. The van der Waals surface area contributed by atoms with Gasteiger partial charge in [-0.25, -0.2) is 4.39 Å². The molecule has 2 aromatic rings. The Morgan fingerprint density at radius 2 is 1.93 bits per heavy atom. The standard InChI is InChI=1S/C17H10BrFN2O5S/c18-13-7-12(21(25)26)5-10(15(13)22)6-14-16(23)20(17(24)27-14)8-9-1-3-11(19)4-2-9/h1-7,22H,8H2/b14-6-. The molecule has 0 aromatic heterocycles. The average Bonchev–Trinajstić information content (AvgIpc) is 2.88. The van der Waals surface area contributed by atoms with E-state index < -0.39 is 21.9 Å². The molecule has 1 fully saturated rings. The molecule has 27 heavy (non-hydrogen) atoms. The van der Waals surface area contributed by atoms with Crippen molar-refractivity contribution in [3.8, 4) is 5.75 Å². The van der Waals surface area contributed by atoms with Gasteiger partial charge in [0.15, 0.2) is 0 Å². The van der Waals surface area contributed by atoms with Crippen LogP contribution in [0, 0.1) is 15.9 Å². The number of nitrogens with zero attached hydrogens (tertiary/aromatic N) is 2. The number of hydrogen-bond acceptors (Lipinski definition) is 6. The van der Waals surface area contributed by atoms with Gasteiger partial charge in [0.1, 0.15) is 11.6 Å². The van der Waals surface area contributed by atoms with Gasteiger partial charge in [0.2, 0.25) is 0 Å². The van der Waals surface area contributed by atoms with Gasteiger partial charge in [-0.05, 0) is 51.5 Å². The summed E-state index contributed by atoms with van der Waals surface area (Å²) in [6.45, 7) is -0.0348. The summed E-state index contributed by atoms with van der Waals surface area (Å²) in [5, 5.41) is 20.5. The molecule has 0 unspecified atom stereocenters. The maximum absolute atomic E-state index is 13.0. The van der Waals surface area contributed by atoms with Crippen molar-refractivity contribution in [3.63, 3.8) is 0 Å². The third kappa shape index (κ3) is 4.01. The van der Waals surface area contributed by atoms with Gasteiger partial charge in [-0.3, -0.25) is 24.6 Å². The van der Waals surface area contributed by atoms with Crippen LogP contribution in [0.15, 0.2) is 45.8 Å². The molecule has 0 atom stereocenters. The largest absolute Gasteiger partial charge is 0.506 e. The van der Waals surface area contributed by atoms with E-state index in [2.05, 4.69) is 15.9 Å². The van der Waals surface area contributed by atoms with Crippen LogP contribution < -0.4 is 0 Å². The van der Waals surface area contributed by atoms with Crippen molar-refractivity contribution < 1.29 is 24.0 Å². The molecule has 3 rings (SSSR count). The highest BCUT2D eigenvalue weighted by atomic mass is 79.9. The molecule has 2 amide bonds. The van der Waals surface area contributed by atoms with Crippen LogP contribution in [0.1, 0.15) is 11.1 Å². The van der Waals surface area contributed by atoms with E-state index in [1.165, 1.54) is 30.3 Å². The van der Waals surface area contributed by atoms with Crippen LogP contribution in [0.5, 0.6) is 5.75 Å². The van der Waals surface area contributed by atoms with Crippen LogP contribution >= 0.6 is 27.7 Å². The van der Waals surface area contributed by atoms with Crippen molar-refractivity contribution in [2.45, 2.75) is 6.54 Å². The topological polar surface area (TPSA) is 101 Å². The van der Waals surface area contributed by atoms with Crippen molar-refractivity contribution in [2.24, 2.45) is 0 Å². The Morgan fingerprint density at radius 1 is 1.26 bits per heavy atom. The average molecular weight is 453 g/mol. The summed E-state index contributed by atoms with van der Waals surface area (Å²) in [6, 6.07) is 7.62. The fourth-order valence-corrected chi connectivity index (χ4v) is 3.66. The highest BCUT2D eigenvalue weighted by Crippen LogP contribution is 2.38. The molecule has 10 heteroatoms. The van der Waals surface area contributed by atoms with Crippen LogP contribution in [-0.4, -0.2) is 26.1 Å². The van der Waals surface area contributed by atoms with Gasteiger partial charge in [-0.1, -0.05) is 12.1 Å². The minimum Gasteiger partial charge on any atom is -0.506 e. The van der Waals surface area contributed by atoms with Crippen molar-refractivity contribution in [3.05, 3.63) is 72.8 Å². The van der Waals surface area contributed by atoms with Crippen LogP contribution in [0.4, 0.5) is 14.9 Å². The van der Waals surface area contributed by atoms with Gasteiger partial charge in [-0.2, -0.15) is 0 Å². The first-order valence-corrected chi connectivity index (χ1v) is 9.04. The summed E-state index contributed by atoms with van der Waals surface area (Å²) in [4.78, 5) is 36.0. The lowest BCUT2D eigenvalue weighted by atomic mass is 10.1. The SMILES string of the molecule is O=C1S/C(=C\c2cc([N+](=O)[O-])cc(Br)c2O)C(=O)N1Cc1ccc(F)cc1. The minimum atomic E-state index is -0.637. The second kappa shape index (κ2) is 7.49. The molecule has 138 valence electrons. The number of non-ortho nitro benzene ring substituents is 1. The van der Waals surface area contributed by atoms with E-state index in [-0.39, 0.29) is 32.9 Å². The van der Waals surface area contributed by atoms with E-state index in [0.717, 1.165) is 17.0 Å². The second-order valence-electron chi connectivity index (χ2n) is 5.52. The quantitative estimate of drug-likeness (QED) is 0.418. The summed E-state index contributed by atoms with van der Waals surface area (Å²) >= 11 is 3.68. The van der Waals surface area contributed by atoms with Crippen LogP contribution in [0.25, 0.3) is 6.08 Å². The zero-order valence-electron chi connectivity index (χ0n) is 13.4. The van der Waals surface area contributed by atoms with Crippen molar-refractivity contribution in [2.75, 3.05) is 0 Å². The van der Waals surface area contributed by atoms with Crippen LogP contribution in [0.3, 0.4) is 0 Å². The Labute approximate surface area is 164 Å².